The van der Waals surface area contributed by atoms with Crippen LogP contribution in [0.25, 0.3) is 0 Å². The summed E-state index contributed by atoms with van der Waals surface area (Å²) in [4.78, 5) is 2.65. The summed E-state index contributed by atoms with van der Waals surface area (Å²) in [5, 5.41) is 3.86. The molecule has 1 N–H and O–H groups in total. The summed E-state index contributed by atoms with van der Waals surface area (Å²) in [6.45, 7) is 5.34. The highest BCUT2D eigenvalue weighted by atomic mass is 15.2. The molecule has 0 amide bonds. The van der Waals surface area contributed by atoms with Gasteiger partial charge in [0.15, 0.2) is 0 Å². The third-order valence-corrected chi connectivity index (χ3v) is 5.34. The van der Waals surface area contributed by atoms with E-state index < -0.39 is 0 Å². The summed E-state index contributed by atoms with van der Waals surface area (Å²) < 4.78 is 0. The van der Waals surface area contributed by atoms with Crippen LogP contribution in [0, 0.1) is 11.8 Å². The second-order valence-electron chi connectivity index (χ2n) is 6.49. The summed E-state index contributed by atoms with van der Waals surface area (Å²) in [5.41, 5.74) is 0. The molecule has 3 aliphatic heterocycles. The van der Waals surface area contributed by atoms with Gasteiger partial charge in [-0.25, -0.2) is 0 Å². The summed E-state index contributed by atoms with van der Waals surface area (Å²) >= 11 is 0. The molecule has 0 aromatic carbocycles. The van der Waals surface area contributed by atoms with Crippen molar-refractivity contribution in [2.24, 2.45) is 11.8 Å². The highest BCUT2D eigenvalue weighted by Gasteiger charge is 2.33. The van der Waals surface area contributed by atoms with Crippen LogP contribution in [0.2, 0.25) is 0 Å². The van der Waals surface area contributed by atoms with Gasteiger partial charge < -0.3 is 10.2 Å². The summed E-state index contributed by atoms with van der Waals surface area (Å²) in [6.07, 6.45) is 11.8. The first-order valence-electron chi connectivity index (χ1n) is 7.87. The number of hydrogen-bond donors (Lipinski definition) is 1. The Labute approximate surface area is 106 Å². The maximum Gasteiger partial charge on any atom is 0.0224 e. The Morgan fingerprint density at radius 1 is 0.941 bits per heavy atom. The minimum atomic E-state index is 0.820. The maximum atomic E-state index is 3.86. The van der Waals surface area contributed by atoms with Gasteiger partial charge >= 0.3 is 0 Å². The Balaban J connectivity index is 1.36. The van der Waals surface area contributed by atoms with Gasteiger partial charge in [0.1, 0.15) is 0 Å². The smallest absolute Gasteiger partial charge is 0.0224 e. The minimum absolute atomic E-state index is 0.820. The molecule has 2 heteroatoms. The van der Waals surface area contributed by atoms with Crippen molar-refractivity contribution in [3.8, 4) is 0 Å². The predicted octanol–water partition coefficient (Wildman–Crippen LogP) is 2.64. The third kappa shape index (κ3) is 3.03. The highest BCUT2D eigenvalue weighted by Crippen LogP contribution is 2.28. The van der Waals surface area contributed by atoms with E-state index in [-0.39, 0.29) is 0 Å². The third-order valence-electron chi connectivity index (χ3n) is 5.34. The summed E-state index contributed by atoms with van der Waals surface area (Å²) in [5.74, 6) is 2.03. The lowest BCUT2D eigenvalue weighted by molar-refractivity contribution is 0.0719. The van der Waals surface area contributed by atoms with E-state index in [4.69, 9.17) is 0 Å². The summed E-state index contributed by atoms with van der Waals surface area (Å²) in [7, 11) is 0. The second-order valence-corrected chi connectivity index (χ2v) is 6.49. The van der Waals surface area contributed by atoms with Crippen LogP contribution in [0.3, 0.4) is 0 Å². The monoisotopic (exact) mass is 236 g/mol. The molecule has 98 valence electrons. The Kier molecular flexibility index (Phi) is 4.02. The van der Waals surface area contributed by atoms with Gasteiger partial charge in [0, 0.05) is 12.6 Å². The Bertz CT molecular complexity index is 227. The van der Waals surface area contributed by atoms with Crippen LogP contribution in [-0.4, -0.2) is 37.1 Å². The van der Waals surface area contributed by atoms with Gasteiger partial charge in [0.25, 0.3) is 0 Å². The van der Waals surface area contributed by atoms with E-state index in [1.807, 2.05) is 0 Å². The molecule has 17 heavy (non-hydrogen) atoms. The molecular formula is C15H28N2. The number of rotatable bonds is 4. The van der Waals surface area contributed by atoms with Gasteiger partial charge in [-0.3, -0.25) is 0 Å². The zero-order chi connectivity index (χ0) is 11.5. The first kappa shape index (κ1) is 12.0. The molecule has 0 radical (unpaired) electrons. The fourth-order valence-corrected chi connectivity index (χ4v) is 4.15. The lowest BCUT2D eigenvalue weighted by Gasteiger charge is -2.45. The fourth-order valence-electron chi connectivity index (χ4n) is 4.15. The molecule has 1 saturated carbocycles. The Morgan fingerprint density at radius 2 is 1.71 bits per heavy atom. The standard InChI is InChI=1S/C15H28N2/c1-2-4-13(5-3-1)6-9-16-15-12-17-10-7-14(15)8-11-17/h13-16H,1-12H2. The minimum Gasteiger partial charge on any atom is -0.312 e. The number of hydrogen-bond acceptors (Lipinski definition) is 2. The lowest BCUT2D eigenvalue weighted by Crippen LogP contribution is -2.56. The first-order valence-corrected chi connectivity index (χ1v) is 7.87. The van der Waals surface area contributed by atoms with Crippen molar-refractivity contribution in [1.82, 2.24) is 10.2 Å². The molecule has 3 heterocycles. The molecule has 1 unspecified atom stereocenters. The van der Waals surface area contributed by atoms with Crippen molar-refractivity contribution < 1.29 is 0 Å². The van der Waals surface area contributed by atoms with Crippen molar-refractivity contribution >= 4 is 0 Å². The van der Waals surface area contributed by atoms with Crippen LogP contribution in [0.1, 0.15) is 51.4 Å². The molecule has 0 spiro atoms. The molecule has 4 fully saturated rings. The van der Waals surface area contributed by atoms with E-state index >= 15 is 0 Å². The number of nitrogens with zero attached hydrogens (tertiary/aromatic N) is 1. The van der Waals surface area contributed by atoms with E-state index in [1.165, 1.54) is 77.5 Å². The molecule has 3 saturated heterocycles. The average molecular weight is 236 g/mol. The number of piperidine rings is 3. The average Bonchev–Trinajstić information content (AvgIpc) is 2.41. The molecule has 1 aliphatic carbocycles. The first-order chi connectivity index (χ1) is 8.42. The van der Waals surface area contributed by atoms with E-state index in [1.54, 1.807) is 0 Å². The Morgan fingerprint density at radius 3 is 2.35 bits per heavy atom. The van der Waals surface area contributed by atoms with Crippen molar-refractivity contribution in [3.05, 3.63) is 0 Å². The second kappa shape index (κ2) is 5.71. The largest absolute Gasteiger partial charge is 0.312 e. The molecule has 4 rings (SSSR count). The van der Waals surface area contributed by atoms with E-state index in [0.29, 0.717) is 0 Å². The zero-order valence-electron chi connectivity index (χ0n) is 11.2. The molecule has 2 nitrogen and oxygen atoms in total. The van der Waals surface area contributed by atoms with Gasteiger partial charge in [-0.15, -0.1) is 0 Å². The molecular weight excluding hydrogens is 208 g/mol. The molecule has 1 atom stereocenters. The van der Waals surface area contributed by atoms with Gasteiger partial charge in [0.05, 0.1) is 0 Å². The normalized spacial score (nSPS) is 38.5. The van der Waals surface area contributed by atoms with Crippen LogP contribution in [0.5, 0.6) is 0 Å². The van der Waals surface area contributed by atoms with Crippen LogP contribution in [0.15, 0.2) is 0 Å². The van der Waals surface area contributed by atoms with Gasteiger partial charge in [-0.05, 0) is 50.7 Å². The van der Waals surface area contributed by atoms with Crippen LogP contribution in [0.4, 0.5) is 0 Å². The Hall–Kier alpha value is -0.0800. The quantitative estimate of drug-likeness (QED) is 0.807. The van der Waals surface area contributed by atoms with E-state index in [9.17, 15) is 0 Å². The van der Waals surface area contributed by atoms with Crippen LogP contribution < -0.4 is 5.32 Å². The van der Waals surface area contributed by atoms with Crippen LogP contribution >= 0.6 is 0 Å². The number of fused-ring (bicyclic) bond motifs is 3. The van der Waals surface area contributed by atoms with Crippen molar-refractivity contribution in [2.75, 3.05) is 26.2 Å². The van der Waals surface area contributed by atoms with Crippen molar-refractivity contribution in [1.29, 1.82) is 0 Å². The van der Waals surface area contributed by atoms with E-state index in [0.717, 1.165) is 17.9 Å². The topological polar surface area (TPSA) is 15.3 Å². The molecule has 0 aromatic rings. The highest BCUT2D eigenvalue weighted by molar-refractivity contribution is 4.90. The van der Waals surface area contributed by atoms with Gasteiger partial charge in [-0.1, -0.05) is 32.1 Å². The van der Waals surface area contributed by atoms with E-state index in [2.05, 4.69) is 10.2 Å². The SMILES string of the molecule is C1CCC(CCNC2CN3CCC2CC3)CC1. The molecule has 4 aliphatic rings. The van der Waals surface area contributed by atoms with Gasteiger partial charge in [-0.2, -0.15) is 0 Å². The molecule has 0 aromatic heterocycles. The van der Waals surface area contributed by atoms with Crippen molar-refractivity contribution in [3.63, 3.8) is 0 Å². The zero-order valence-corrected chi connectivity index (χ0v) is 11.2. The van der Waals surface area contributed by atoms with Crippen molar-refractivity contribution in [2.45, 2.75) is 57.4 Å². The van der Waals surface area contributed by atoms with Gasteiger partial charge in [0.2, 0.25) is 0 Å². The fraction of sp³-hybridized carbons (Fsp3) is 1.00. The molecule has 2 bridgehead atoms. The maximum absolute atomic E-state index is 3.86. The summed E-state index contributed by atoms with van der Waals surface area (Å²) in [6, 6.07) is 0.820. The van der Waals surface area contributed by atoms with Crippen LogP contribution in [-0.2, 0) is 0 Å². The lowest BCUT2D eigenvalue weighted by atomic mass is 9.83. The number of nitrogens with one attached hydrogen (secondary N) is 1. The predicted molar refractivity (Wildman–Crippen MR) is 72.1 cm³/mol.